The van der Waals surface area contributed by atoms with Crippen LogP contribution in [0.5, 0.6) is 46.0 Å². The molecule has 0 saturated carbocycles. The number of piperidine rings is 2. The number of halogens is 6. The second kappa shape index (κ2) is 26.9. The van der Waals surface area contributed by atoms with Gasteiger partial charge in [0, 0.05) is 48.4 Å². The molecule has 0 radical (unpaired) electrons. The van der Waals surface area contributed by atoms with E-state index in [2.05, 4.69) is 58.6 Å². The summed E-state index contributed by atoms with van der Waals surface area (Å²) >= 11 is 3.91. The number of hydrogen-bond acceptors (Lipinski definition) is 19. The van der Waals surface area contributed by atoms with Gasteiger partial charge in [-0.2, -0.15) is 15.5 Å². The van der Waals surface area contributed by atoms with E-state index in [0.29, 0.717) is 44.3 Å². The molecule has 80 heavy (non-hydrogen) atoms. The Morgan fingerprint density at radius 1 is 0.650 bits per heavy atom. The Labute approximate surface area is 468 Å². The van der Waals surface area contributed by atoms with Gasteiger partial charge in [0.1, 0.15) is 67.2 Å². The van der Waals surface area contributed by atoms with E-state index in [1.165, 1.54) is 103 Å². The number of alkyl halides is 6. The minimum atomic E-state index is -4.84. The van der Waals surface area contributed by atoms with Crippen LogP contribution in [0.1, 0.15) is 36.8 Å². The number of aromatic nitrogens is 4. The van der Waals surface area contributed by atoms with Gasteiger partial charge in [0.25, 0.3) is 0 Å². The summed E-state index contributed by atoms with van der Waals surface area (Å²) in [5, 5.41) is 22.6. The standard InChI is InChI=1S/C27H24F3N5O3S.C15H8F3N3O2S2.C13H20N2O/c1-35-11-3-4-17(15-35)16-36-20-9-7-19(8-10-20)33-26-34-25-24(39-26)23(18(13-31)14-32-25)37-21-5-2-6-22(12-21)38-27(28,29)30;1-24-14-21-13-12(25-14)11(8(6-19)7-20-13)22-9-3-2-4-10(5-9)23-15(16,17)18;1-15-8-2-3-11(9-15)10-16-13-6-4-12(14)5-7-13/h2,5-10,12,14,17H,3-4,11,15-16H2,1H3,(H,32,33,34);2-5,7H,1H3;4-7,11H,2-3,8-10,14H2,1H3. The van der Waals surface area contributed by atoms with E-state index in [0.717, 1.165) is 77.7 Å². The van der Waals surface area contributed by atoms with E-state index in [1.54, 1.807) is 0 Å². The molecule has 10 rings (SSSR count). The van der Waals surface area contributed by atoms with Crippen molar-refractivity contribution in [1.82, 2.24) is 29.7 Å². The first-order valence-corrected chi connectivity index (χ1v) is 27.6. The second-order valence-electron chi connectivity index (χ2n) is 18.4. The van der Waals surface area contributed by atoms with Crippen molar-refractivity contribution >= 4 is 71.6 Å². The molecule has 2 atom stereocenters. The Balaban J connectivity index is 0.000000175. The number of benzene rings is 4. The maximum absolute atomic E-state index is 12.6. The molecule has 8 aromatic rings. The molecule has 4 aromatic heterocycles. The molecular formula is C55H52F6N10O6S3. The van der Waals surface area contributed by atoms with Crippen molar-refractivity contribution in [1.29, 1.82) is 10.5 Å². The van der Waals surface area contributed by atoms with Gasteiger partial charge in [-0.05, 0) is 132 Å². The number of ether oxygens (including phenoxy) is 6. The molecule has 2 saturated heterocycles. The summed E-state index contributed by atoms with van der Waals surface area (Å²) in [6.07, 6.45) is -0.244. The molecule has 2 fully saturated rings. The van der Waals surface area contributed by atoms with Crippen LogP contribution in [0, 0.1) is 34.5 Å². The van der Waals surface area contributed by atoms with E-state index < -0.39 is 24.2 Å². The van der Waals surface area contributed by atoms with Crippen LogP contribution >= 0.6 is 34.4 Å². The average molecular weight is 1160 g/mol. The number of thiazole rings is 2. The van der Waals surface area contributed by atoms with Crippen molar-refractivity contribution in [3.8, 4) is 58.1 Å². The van der Waals surface area contributed by atoms with Crippen LogP contribution in [0.4, 0.5) is 42.8 Å². The minimum absolute atomic E-state index is 0.0686. The van der Waals surface area contributed by atoms with Gasteiger partial charge in [-0.25, -0.2) is 15.0 Å². The molecule has 0 amide bonds. The maximum Gasteiger partial charge on any atom is 0.573 e. The van der Waals surface area contributed by atoms with Crippen LogP contribution in [-0.2, 0) is 0 Å². The van der Waals surface area contributed by atoms with E-state index in [9.17, 15) is 36.9 Å². The van der Waals surface area contributed by atoms with Crippen molar-refractivity contribution in [3.05, 3.63) is 121 Å². The smallest absolute Gasteiger partial charge is 0.493 e. The highest BCUT2D eigenvalue weighted by Crippen LogP contribution is 2.41. The lowest BCUT2D eigenvalue weighted by Gasteiger charge is -2.29. The largest absolute Gasteiger partial charge is 0.573 e. The van der Waals surface area contributed by atoms with Crippen LogP contribution in [-0.4, -0.2) is 102 Å². The minimum Gasteiger partial charge on any atom is -0.493 e. The Morgan fingerprint density at radius 3 is 1.57 bits per heavy atom. The van der Waals surface area contributed by atoms with Crippen LogP contribution < -0.4 is 39.5 Å². The number of anilines is 3. The van der Waals surface area contributed by atoms with Gasteiger partial charge in [-0.3, -0.25) is 0 Å². The molecule has 6 heterocycles. The first-order chi connectivity index (χ1) is 38.4. The zero-order chi connectivity index (χ0) is 56.8. The lowest BCUT2D eigenvalue weighted by Crippen LogP contribution is -2.34. The molecule has 0 bridgehead atoms. The van der Waals surface area contributed by atoms with E-state index >= 15 is 0 Å². The molecule has 4 aromatic carbocycles. The third-order valence-corrected chi connectivity index (χ3v) is 15.1. The fraction of sp³-hybridized carbons (Fsp3) is 0.309. The van der Waals surface area contributed by atoms with Crippen molar-refractivity contribution in [3.63, 3.8) is 0 Å². The topological polar surface area (TPSA) is 199 Å². The molecular weight excluding hydrogens is 1110 g/mol. The molecule has 2 aliphatic rings. The predicted molar refractivity (Wildman–Crippen MR) is 294 cm³/mol. The van der Waals surface area contributed by atoms with Crippen molar-refractivity contribution < 1.29 is 54.8 Å². The van der Waals surface area contributed by atoms with Gasteiger partial charge in [-0.15, -0.1) is 37.7 Å². The average Bonchev–Trinajstić information content (AvgIpc) is 4.08. The van der Waals surface area contributed by atoms with Crippen LogP contribution in [0.2, 0.25) is 0 Å². The summed E-state index contributed by atoms with van der Waals surface area (Å²) < 4.78 is 108. The highest BCUT2D eigenvalue weighted by atomic mass is 32.2. The third kappa shape index (κ3) is 17.1. The molecule has 418 valence electrons. The van der Waals surface area contributed by atoms with Gasteiger partial charge < -0.3 is 49.3 Å². The van der Waals surface area contributed by atoms with Crippen molar-refractivity contribution in [2.75, 3.05) is 70.8 Å². The van der Waals surface area contributed by atoms with Gasteiger partial charge in [-0.1, -0.05) is 35.2 Å². The fourth-order valence-corrected chi connectivity index (χ4v) is 10.9. The number of nitrogens with one attached hydrogen (secondary N) is 1. The number of nitrogen functional groups attached to an aromatic ring is 1. The zero-order valence-corrected chi connectivity index (χ0v) is 45.7. The van der Waals surface area contributed by atoms with Crippen molar-refractivity contribution in [2.45, 2.75) is 42.7 Å². The Kier molecular flexibility index (Phi) is 19.6. The number of pyridine rings is 2. The van der Waals surface area contributed by atoms with Gasteiger partial charge in [0.15, 0.2) is 32.3 Å². The molecule has 0 spiro atoms. The number of rotatable bonds is 15. The number of nitrogens with zero attached hydrogens (tertiary/aromatic N) is 8. The summed E-state index contributed by atoms with van der Waals surface area (Å²) in [7, 11) is 4.31. The first kappa shape index (κ1) is 58.3. The van der Waals surface area contributed by atoms with Crippen LogP contribution in [0.15, 0.2) is 114 Å². The predicted octanol–water partition coefficient (Wildman–Crippen LogP) is 13.7. The molecule has 2 unspecified atom stereocenters. The fourth-order valence-electron chi connectivity index (χ4n) is 8.47. The molecule has 0 aliphatic carbocycles. The van der Waals surface area contributed by atoms with Crippen LogP contribution in [0.25, 0.3) is 20.7 Å². The lowest BCUT2D eigenvalue weighted by atomic mass is 10.00. The van der Waals surface area contributed by atoms with E-state index in [4.69, 9.17) is 24.7 Å². The summed E-state index contributed by atoms with van der Waals surface area (Å²) in [6.45, 7) is 6.03. The lowest BCUT2D eigenvalue weighted by molar-refractivity contribution is -0.275. The number of nitrogens with two attached hydrogens (primary N) is 1. The highest BCUT2D eigenvalue weighted by Gasteiger charge is 2.32. The summed E-state index contributed by atoms with van der Waals surface area (Å²) in [4.78, 5) is 21.8. The number of thioether (sulfide) groups is 1. The number of nitriles is 2. The monoisotopic (exact) mass is 1160 g/mol. The Hall–Kier alpha value is -7.81. The molecule has 25 heteroatoms. The van der Waals surface area contributed by atoms with Gasteiger partial charge in [0.05, 0.1) is 25.6 Å². The van der Waals surface area contributed by atoms with Crippen LogP contribution in [0.3, 0.4) is 0 Å². The number of fused-ring (bicyclic) bond motifs is 2. The zero-order valence-electron chi connectivity index (χ0n) is 43.2. The molecule has 2 aliphatic heterocycles. The van der Waals surface area contributed by atoms with Gasteiger partial charge >= 0.3 is 12.7 Å². The molecule has 3 N–H and O–H groups in total. The number of hydrogen-bond donors (Lipinski definition) is 2. The highest BCUT2D eigenvalue weighted by molar-refractivity contribution is 8.00. The first-order valence-electron chi connectivity index (χ1n) is 24.7. The summed E-state index contributed by atoms with van der Waals surface area (Å²) in [5.74, 6) is 2.56. The van der Waals surface area contributed by atoms with E-state index in [1.807, 2.05) is 66.9 Å². The summed E-state index contributed by atoms with van der Waals surface area (Å²) in [5.41, 5.74) is 8.19. The Morgan fingerprint density at radius 2 is 1.11 bits per heavy atom. The normalized spacial score (nSPS) is 15.7. The van der Waals surface area contributed by atoms with E-state index in [-0.39, 0.29) is 34.1 Å². The second-order valence-corrected chi connectivity index (χ2v) is 21.4. The van der Waals surface area contributed by atoms with Gasteiger partial charge in [0.2, 0.25) is 0 Å². The third-order valence-electron chi connectivity index (χ3n) is 12.1. The molecule has 16 nitrogen and oxygen atoms in total. The maximum atomic E-state index is 12.6. The number of likely N-dealkylation sites (tertiary alicyclic amines) is 2. The summed E-state index contributed by atoms with van der Waals surface area (Å²) in [6, 6.07) is 29.3. The quantitative estimate of drug-likeness (QED) is 0.0557. The Bertz CT molecular complexity index is 3430. The SMILES string of the molecule is CN1CCCC(COc2ccc(N)cc2)C1.CN1CCCC(COc2ccc(Nc3nc4ncc(C#N)c(Oc5cccc(OC(F)(F)F)c5)c4s3)cc2)C1.CSc1nc2ncc(C#N)c(Oc3cccc(OC(F)(F)F)c3)c2s1. The van der Waals surface area contributed by atoms with Crippen molar-refractivity contribution in [2.24, 2.45) is 11.8 Å².